The van der Waals surface area contributed by atoms with Crippen LogP contribution in [-0.2, 0) is 9.59 Å². The lowest BCUT2D eigenvalue weighted by Crippen LogP contribution is -2.34. The Balaban J connectivity index is 2.35. The number of nitrogens with zero attached hydrogens (tertiary/aromatic N) is 3. The fraction of sp³-hybridized carbons (Fsp3) is 0.385. The van der Waals surface area contributed by atoms with E-state index in [9.17, 15) is 19.7 Å². The summed E-state index contributed by atoms with van der Waals surface area (Å²) in [6.45, 7) is 4.08. The third-order valence-corrected chi connectivity index (χ3v) is 3.40. The zero-order valence-electron chi connectivity index (χ0n) is 11.8. The van der Waals surface area contributed by atoms with Crippen molar-refractivity contribution in [3.8, 4) is 0 Å². The zero-order chi connectivity index (χ0) is 15.9. The molecule has 0 aromatic carbocycles. The van der Waals surface area contributed by atoms with Gasteiger partial charge in [0.15, 0.2) is 0 Å². The van der Waals surface area contributed by atoms with Crippen LogP contribution >= 0.6 is 0 Å². The standard InChI is InChI=1S/C13H16N4O4/c1-7(6-15(2)3)16-12(18)8-4-10(14)11(17(20)21)5-9(8)13(16)19/h5,8H,1,4,6,14H2,2-3H3. The summed E-state index contributed by atoms with van der Waals surface area (Å²) in [4.78, 5) is 37.7. The molecule has 0 radical (unpaired) electrons. The van der Waals surface area contributed by atoms with Crippen LogP contribution in [0, 0.1) is 16.0 Å². The van der Waals surface area contributed by atoms with Gasteiger partial charge in [-0.3, -0.25) is 19.7 Å². The maximum absolute atomic E-state index is 12.3. The van der Waals surface area contributed by atoms with Crippen molar-refractivity contribution in [1.82, 2.24) is 9.80 Å². The van der Waals surface area contributed by atoms with Crippen molar-refractivity contribution in [2.45, 2.75) is 6.42 Å². The molecule has 2 rings (SSSR count). The van der Waals surface area contributed by atoms with Crippen LogP contribution in [0.15, 0.2) is 35.3 Å². The molecule has 8 nitrogen and oxygen atoms in total. The van der Waals surface area contributed by atoms with Crippen LogP contribution in [0.2, 0.25) is 0 Å². The number of nitro groups is 1. The van der Waals surface area contributed by atoms with Crippen LogP contribution in [0.5, 0.6) is 0 Å². The number of nitrogens with two attached hydrogens (primary N) is 1. The van der Waals surface area contributed by atoms with Gasteiger partial charge in [0.1, 0.15) is 0 Å². The molecule has 0 aromatic heterocycles. The van der Waals surface area contributed by atoms with E-state index in [4.69, 9.17) is 5.73 Å². The van der Waals surface area contributed by atoms with Gasteiger partial charge in [0.25, 0.3) is 11.6 Å². The van der Waals surface area contributed by atoms with Gasteiger partial charge in [-0.15, -0.1) is 0 Å². The van der Waals surface area contributed by atoms with Gasteiger partial charge >= 0.3 is 0 Å². The predicted octanol–water partition coefficient (Wildman–Crippen LogP) is -0.176. The lowest BCUT2D eigenvalue weighted by Gasteiger charge is -2.20. The van der Waals surface area contributed by atoms with Crippen molar-refractivity contribution in [2.75, 3.05) is 20.6 Å². The molecule has 1 unspecified atom stereocenters. The van der Waals surface area contributed by atoms with E-state index in [0.717, 1.165) is 11.0 Å². The zero-order valence-corrected chi connectivity index (χ0v) is 11.8. The number of hydrogen-bond acceptors (Lipinski definition) is 6. The normalized spacial score (nSPS) is 21.8. The van der Waals surface area contributed by atoms with E-state index < -0.39 is 22.7 Å². The predicted molar refractivity (Wildman–Crippen MR) is 73.9 cm³/mol. The van der Waals surface area contributed by atoms with Gasteiger partial charge in [0, 0.05) is 30.3 Å². The van der Waals surface area contributed by atoms with Gasteiger partial charge in [0.05, 0.1) is 16.5 Å². The molecule has 112 valence electrons. The molecular weight excluding hydrogens is 276 g/mol. The highest BCUT2D eigenvalue weighted by atomic mass is 16.6. The number of hydrogen-bond donors (Lipinski definition) is 1. The summed E-state index contributed by atoms with van der Waals surface area (Å²) in [7, 11) is 3.57. The molecule has 1 atom stereocenters. The first-order valence-corrected chi connectivity index (χ1v) is 6.29. The molecule has 2 amide bonds. The minimum atomic E-state index is -0.750. The molecular formula is C13H16N4O4. The summed E-state index contributed by atoms with van der Waals surface area (Å²) < 4.78 is 0. The number of rotatable bonds is 4. The minimum Gasteiger partial charge on any atom is -0.396 e. The first-order valence-electron chi connectivity index (χ1n) is 6.29. The lowest BCUT2D eigenvalue weighted by molar-refractivity contribution is -0.420. The monoisotopic (exact) mass is 292 g/mol. The summed E-state index contributed by atoms with van der Waals surface area (Å²) in [5.74, 6) is -1.73. The van der Waals surface area contributed by atoms with Crippen LogP contribution in [0.1, 0.15) is 6.42 Å². The molecule has 1 heterocycles. The second kappa shape index (κ2) is 5.13. The average Bonchev–Trinajstić information content (AvgIpc) is 2.59. The van der Waals surface area contributed by atoms with Crippen molar-refractivity contribution >= 4 is 11.8 Å². The van der Waals surface area contributed by atoms with Crippen LogP contribution in [0.25, 0.3) is 0 Å². The highest BCUT2D eigenvalue weighted by Crippen LogP contribution is 2.36. The molecule has 1 saturated heterocycles. The Labute approximate surface area is 121 Å². The van der Waals surface area contributed by atoms with E-state index in [2.05, 4.69) is 6.58 Å². The molecule has 2 N–H and O–H groups in total. The van der Waals surface area contributed by atoms with Crippen molar-refractivity contribution in [3.05, 3.63) is 45.4 Å². The molecule has 1 fully saturated rings. The number of carbonyl (C=O) groups excluding carboxylic acids is 2. The third-order valence-electron chi connectivity index (χ3n) is 3.40. The first-order chi connectivity index (χ1) is 9.73. The van der Waals surface area contributed by atoms with Gasteiger partial charge < -0.3 is 10.6 Å². The van der Waals surface area contributed by atoms with E-state index in [1.807, 2.05) is 0 Å². The van der Waals surface area contributed by atoms with Crippen molar-refractivity contribution < 1.29 is 14.5 Å². The first kappa shape index (κ1) is 14.9. The topological polar surface area (TPSA) is 110 Å². The average molecular weight is 292 g/mol. The molecule has 1 aliphatic heterocycles. The molecule has 8 heteroatoms. The Morgan fingerprint density at radius 2 is 2.19 bits per heavy atom. The van der Waals surface area contributed by atoms with E-state index in [0.29, 0.717) is 12.2 Å². The summed E-state index contributed by atoms with van der Waals surface area (Å²) in [5.41, 5.74) is 5.77. The smallest absolute Gasteiger partial charge is 0.288 e. The summed E-state index contributed by atoms with van der Waals surface area (Å²) in [6, 6.07) is 0. The summed E-state index contributed by atoms with van der Waals surface area (Å²) in [5, 5.41) is 10.9. The quantitative estimate of drug-likeness (QED) is 0.437. The summed E-state index contributed by atoms with van der Waals surface area (Å²) >= 11 is 0. The Kier molecular flexibility index (Phi) is 3.65. The number of carbonyl (C=O) groups is 2. The maximum atomic E-state index is 12.3. The Bertz CT molecular complexity index is 618. The van der Waals surface area contributed by atoms with Gasteiger partial charge in [-0.25, -0.2) is 4.90 Å². The number of amides is 2. The number of imide groups is 1. The Morgan fingerprint density at radius 1 is 1.57 bits per heavy atom. The van der Waals surface area contributed by atoms with Crippen LogP contribution in [0.3, 0.4) is 0 Å². The highest BCUT2D eigenvalue weighted by Gasteiger charge is 2.47. The van der Waals surface area contributed by atoms with E-state index in [1.165, 1.54) is 0 Å². The summed E-state index contributed by atoms with van der Waals surface area (Å²) in [6.07, 6.45) is 1.09. The Morgan fingerprint density at radius 3 is 2.71 bits per heavy atom. The van der Waals surface area contributed by atoms with Crippen LogP contribution in [0.4, 0.5) is 0 Å². The van der Waals surface area contributed by atoms with Crippen molar-refractivity contribution in [1.29, 1.82) is 0 Å². The second-order valence-corrected chi connectivity index (χ2v) is 5.31. The fourth-order valence-electron chi connectivity index (χ4n) is 2.50. The molecule has 2 aliphatic rings. The number of allylic oxidation sites excluding steroid dienone is 2. The third kappa shape index (κ3) is 2.45. The molecule has 0 aromatic rings. The second-order valence-electron chi connectivity index (χ2n) is 5.31. The molecule has 21 heavy (non-hydrogen) atoms. The minimum absolute atomic E-state index is 0.00923. The van der Waals surface area contributed by atoms with E-state index in [-0.39, 0.29) is 23.4 Å². The van der Waals surface area contributed by atoms with Crippen molar-refractivity contribution in [2.24, 2.45) is 11.7 Å². The van der Waals surface area contributed by atoms with Crippen LogP contribution in [-0.4, -0.2) is 47.2 Å². The van der Waals surface area contributed by atoms with Gasteiger partial charge in [0.2, 0.25) is 5.91 Å². The lowest BCUT2D eigenvalue weighted by atomic mass is 9.90. The Hall–Kier alpha value is -2.48. The molecule has 0 spiro atoms. The molecule has 1 aliphatic carbocycles. The van der Waals surface area contributed by atoms with Crippen molar-refractivity contribution in [3.63, 3.8) is 0 Å². The number of likely N-dealkylation sites (tertiary alicyclic amines) is 1. The maximum Gasteiger partial charge on any atom is 0.288 e. The fourth-order valence-corrected chi connectivity index (χ4v) is 2.50. The molecule has 0 bridgehead atoms. The SMILES string of the molecule is C=C(CN(C)C)N1C(=O)C2=CC([N+](=O)[O-])=C(N)CC2C1=O. The largest absolute Gasteiger partial charge is 0.396 e. The highest BCUT2D eigenvalue weighted by molar-refractivity contribution is 6.16. The number of likely N-dealkylation sites (N-methyl/N-ethyl adjacent to an activating group) is 1. The van der Waals surface area contributed by atoms with Gasteiger partial charge in [-0.05, 0) is 14.1 Å². The van der Waals surface area contributed by atoms with Crippen LogP contribution < -0.4 is 5.73 Å². The van der Waals surface area contributed by atoms with Gasteiger partial charge in [-0.1, -0.05) is 6.58 Å². The molecule has 0 saturated carbocycles. The van der Waals surface area contributed by atoms with Gasteiger partial charge in [-0.2, -0.15) is 0 Å². The van der Waals surface area contributed by atoms with E-state index >= 15 is 0 Å². The van der Waals surface area contributed by atoms with E-state index in [1.54, 1.807) is 19.0 Å². The number of fused-ring (bicyclic) bond motifs is 1.